The molecule has 0 spiro atoms. The van der Waals surface area contributed by atoms with Gasteiger partial charge in [-0.25, -0.2) is 0 Å². The minimum atomic E-state index is 0.117. The molecule has 3 heteroatoms. The van der Waals surface area contributed by atoms with Gasteiger partial charge in [-0.1, -0.05) is 27.2 Å². The van der Waals surface area contributed by atoms with Crippen LogP contribution in [0.5, 0.6) is 0 Å². The molecule has 6 atom stereocenters. The number of hydrogen-bond donors (Lipinski definition) is 2. The summed E-state index contributed by atoms with van der Waals surface area (Å²) in [5.41, 5.74) is 6.71. The summed E-state index contributed by atoms with van der Waals surface area (Å²) in [6.07, 6.45) is 5.72. The Morgan fingerprint density at radius 1 is 1.32 bits per heavy atom. The van der Waals surface area contributed by atoms with E-state index < -0.39 is 0 Å². The largest absolute Gasteiger partial charge is 0.340 e. The van der Waals surface area contributed by atoms with Gasteiger partial charge in [-0.2, -0.15) is 0 Å². The fraction of sp³-hybridized carbons (Fsp3) is 0.938. The van der Waals surface area contributed by atoms with Crippen molar-refractivity contribution in [2.24, 2.45) is 28.9 Å². The molecule has 3 nitrogen and oxygen atoms in total. The Bertz CT molecular complexity index is 379. The fourth-order valence-electron chi connectivity index (χ4n) is 5.17. The van der Waals surface area contributed by atoms with Crippen LogP contribution >= 0.6 is 0 Å². The van der Waals surface area contributed by atoms with Gasteiger partial charge in [-0.3, -0.25) is 4.79 Å². The molecule has 1 aliphatic heterocycles. The molecule has 3 aliphatic rings. The number of ketones is 1. The molecule has 0 amide bonds. The van der Waals surface area contributed by atoms with Gasteiger partial charge >= 0.3 is 0 Å². The van der Waals surface area contributed by atoms with E-state index in [0.717, 1.165) is 18.8 Å². The van der Waals surface area contributed by atoms with Crippen LogP contribution in [-0.4, -0.2) is 23.9 Å². The van der Waals surface area contributed by atoms with Gasteiger partial charge in [0.05, 0.1) is 18.0 Å². The van der Waals surface area contributed by atoms with Crippen LogP contribution in [0.4, 0.5) is 0 Å². The first-order valence-electron chi connectivity index (χ1n) is 8.02. The molecule has 2 saturated carbocycles. The highest BCUT2D eigenvalue weighted by Gasteiger charge is 2.54. The summed E-state index contributed by atoms with van der Waals surface area (Å²) in [6, 6.07) is 1.21. The molecular formula is C16H29N2O+. The third-order valence-electron chi connectivity index (χ3n) is 6.00. The molecule has 0 aromatic rings. The van der Waals surface area contributed by atoms with Crippen molar-refractivity contribution in [1.82, 2.24) is 0 Å². The predicted octanol–water partition coefficient (Wildman–Crippen LogP) is 1.07. The maximum atomic E-state index is 12.5. The van der Waals surface area contributed by atoms with Gasteiger partial charge in [0.25, 0.3) is 0 Å². The Morgan fingerprint density at radius 2 is 2.05 bits per heavy atom. The number of nitrogens with two attached hydrogens (primary N) is 2. The minimum absolute atomic E-state index is 0.117. The second-order valence-electron chi connectivity index (χ2n) is 8.12. The van der Waals surface area contributed by atoms with Crippen LogP contribution in [-0.2, 0) is 4.79 Å². The van der Waals surface area contributed by atoms with E-state index in [0.29, 0.717) is 23.8 Å². The molecule has 108 valence electrons. The smallest absolute Gasteiger partial charge is 0.144 e. The molecule has 3 rings (SSSR count). The summed E-state index contributed by atoms with van der Waals surface area (Å²) < 4.78 is 0. The standard InChI is InChI=1S/C16H28N2O/c1-9-5-4-6-10-14(17)13-11(18-15(9)10)7-16(2,3)8-12(13)19/h9-11,13-15,18H,4-8,17H2,1-3H3/p+1. The zero-order chi connectivity index (χ0) is 13.8. The first kappa shape index (κ1) is 13.6. The third-order valence-corrected chi connectivity index (χ3v) is 6.00. The highest BCUT2D eigenvalue weighted by atomic mass is 16.1. The van der Waals surface area contributed by atoms with Crippen molar-refractivity contribution in [2.75, 3.05) is 0 Å². The van der Waals surface area contributed by atoms with Gasteiger partial charge in [0.15, 0.2) is 0 Å². The van der Waals surface area contributed by atoms with Gasteiger partial charge in [-0.05, 0) is 18.3 Å². The average molecular weight is 265 g/mol. The number of hydrogen-bond acceptors (Lipinski definition) is 2. The number of piperidine rings is 1. The van der Waals surface area contributed by atoms with Crippen molar-refractivity contribution in [3.05, 3.63) is 0 Å². The lowest BCUT2D eigenvalue weighted by Gasteiger charge is -2.51. The number of quaternary nitrogens is 1. The molecule has 0 aromatic carbocycles. The lowest BCUT2D eigenvalue weighted by atomic mass is 9.60. The Hall–Kier alpha value is -0.410. The van der Waals surface area contributed by atoms with Crippen LogP contribution < -0.4 is 11.1 Å². The summed E-state index contributed by atoms with van der Waals surface area (Å²) in [5, 5.41) is 2.54. The van der Waals surface area contributed by atoms with E-state index in [-0.39, 0.29) is 17.4 Å². The van der Waals surface area contributed by atoms with E-state index in [1.54, 1.807) is 0 Å². The van der Waals surface area contributed by atoms with Crippen LogP contribution in [0.15, 0.2) is 0 Å². The van der Waals surface area contributed by atoms with Gasteiger partial charge in [0.1, 0.15) is 5.78 Å². The first-order chi connectivity index (χ1) is 8.89. The molecule has 0 bridgehead atoms. The summed E-state index contributed by atoms with van der Waals surface area (Å²) in [5.74, 6) is 1.88. The van der Waals surface area contributed by atoms with Crippen molar-refractivity contribution in [3.63, 3.8) is 0 Å². The maximum absolute atomic E-state index is 12.5. The third kappa shape index (κ3) is 2.25. The first-order valence-corrected chi connectivity index (χ1v) is 8.02. The number of Topliss-reactive ketones (excluding diaryl/α,β-unsaturated/α-hetero) is 1. The fourth-order valence-corrected chi connectivity index (χ4v) is 5.17. The van der Waals surface area contributed by atoms with Crippen LogP contribution in [0.3, 0.4) is 0 Å². The van der Waals surface area contributed by atoms with E-state index in [1.165, 1.54) is 19.3 Å². The Balaban J connectivity index is 1.86. The number of carbonyl (C=O) groups is 1. The Kier molecular flexibility index (Phi) is 3.25. The van der Waals surface area contributed by atoms with E-state index in [2.05, 4.69) is 26.1 Å². The zero-order valence-electron chi connectivity index (χ0n) is 12.6. The van der Waals surface area contributed by atoms with E-state index >= 15 is 0 Å². The summed E-state index contributed by atoms with van der Waals surface area (Å²) in [7, 11) is 0. The van der Waals surface area contributed by atoms with Crippen LogP contribution in [0, 0.1) is 23.2 Å². The predicted molar refractivity (Wildman–Crippen MR) is 75.5 cm³/mol. The topological polar surface area (TPSA) is 59.7 Å². The molecule has 0 radical (unpaired) electrons. The molecule has 0 aromatic heterocycles. The minimum Gasteiger partial charge on any atom is -0.340 e. The van der Waals surface area contributed by atoms with Crippen molar-refractivity contribution in [2.45, 2.75) is 71.0 Å². The Morgan fingerprint density at radius 3 is 2.79 bits per heavy atom. The van der Waals surface area contributed by atoms with Crippen LogP contribution in [0.2, 0.25) is 0 Å². The van der Waals surface area contributed by atoms with Crippen molar-refractivity contribution in [3.8, 4) is 0 Å². The van der Waals surface area contributed by atoms with E-state index in [1.807, 2.05) is 0 Å². The molecule has 1 heterocycles. The number of rotatable bonds is 0. The molecular weight excluding hydrogens is 236 g/mol. The lowest BCUT2D eigenvalue weighted by Crippen LogP contribution is -3.03. The molecule has 19 heavy (non-hydrogen) atoms. The van der Waals surface area contributed by atoms with E-state index in [4.69, 9.17) is 5.73 Å². The second kappa shape index (κ2) is 4.56. The summed E-state index contributed by atoms with van der Waals surface area (Å²) >= 11 is 0. The zero-order valence-corrected chi connectivity index (χ0v) is 12.6. The summed E-state index contributed by atoms with van der Waals surface area (Å²) in [4.78, 5) is 12.5. The lowest BCUT2D eigenvalue weighted by molar-refractivity contribution is -0.752. The van der Waals surface area contributed by atoms with E-state index in [9.17, 15) is 4.79 Å². The van der Waals surface area contributed by atoms with Gasteiger partial charge in [-0.15, -0.1) is 0 Å². The highest BCUT2D eigenvalue weighted by molar-refractivity contribution is 5.84. The van der Waals surface area contributed by atoms with Crippen LogP contribution in [0.25, 0.3) is 0 Å². The highest BCUT2D eigenvalue weighted by Crippen LogP contribution is 2.42. The van der Waals surface area contributed by atoms with Gasteiger partial charge in [0, 0.05) is 30.7 Å². The van der Waals surface area contributed by atoms with Gasteiger partial charge < -0.3 is 11.1 Å². The van der Waals surface area contributed by atoms with Crippen molar-refractivity contribution < 1.29 is 10.1 Å². The average Bonchev–Trinajstić information content (AvgIpc) is 2.28. The molecule has 6 unspecified atom stereocenters. The monoisotopic (exact) mass is 265 g/mol. The van der Waals surface area contributed by atoms with Crippen molar-refractivity contribution >= 4 is 5.78 Å². The maximum Gasteiger partial charge on any atom is 0.144 e. The molecule has 3 fully saturated rings. The second-order valence-corrected chi connectivity index (χ2v) is 8.12. The SMILES string of the molecule is CC1CCCC2C(N)C3C(=O)CC(C)(C)CC3[NH2+]C12. The van der Waals surface area contributed by atoms with Crippen molar-refractivity contribution in [1.29, 1.82) is 0 Å². The van der Waals surface area contributed by atoms with Crippen LogP contribution in [0.1, 0.15) is 52.9 Å². The molecule has 2 aliphatic carbocycles. The number of carbonyl (C=O) groups excluding carboxylic acids is 1. The normalized spacial score (nSPS) is 49.4. The quantitative estimate of drug-likeness (QED) is 0.688. The van der Waals surface area contributed by atoms with Gasteiger partial charge in [0.2, 0.25) is 0 Å². The summed E-state index contributed by atoms with van der Waals surface area (Å²) in [6.45, 7) is 6.84. The Labute approximate surface area is 116 Å². The molecule has 4 N–H and O–H groups in total. The molecule has 1 saturated heterocycles. The number of fused-ring (bicyclic) bond motifs is 2.